The van der Waals surface area contributed by atoms with Crippen LogP contribution in [-0.4, -0.2) is 37.6 Å². The van der Waals surface area contributed by atoms with Crippen LogP contribution in [-0.2, 0) is 6.42 Å². The van der Waals surface area contributed by atoms with E-state index in [4.69, 9.17) is 11.6 Å². The molecule has 0 radical (unpaired) electrons. The van der Waals surface area contributed by atoms with Gasteiger partial charge in [0.05, 0.1) is 6.33 Å². The summed E-state index contributed by atoms with van der Waals surface area (Å²) in [5.74, 6) is 1.44. The number of benzene rings is 1. The number of aryl methyl sites for hydroxylation is 1. The van der Waals surface area contributed by atoms with Crippen LogP contribution >= 0.6 is 11.6 Å². The number of rotatable bonds is 5. The van der Waals surface area contributed by atoms with Gasteiger partial charge in [0.15, 0.2) is 17.0 Å². The summed E-state index contributed by atoms with van der Waals surface area (Å²) in [7, 11) is 0. The lowest BCUT2D eigenvalue weighted by molar-refractivity contribution is 0.216. The molecular formula is C23H29ClN6. The highest BCUT2D eigenvalue weighted by Gasteiger charge is 2.24. The second kappa shape index (κ2) is 8.52. The maximum absolute atomic E-state index is 6.28. The molecule has 1 aliphatic heterocycles. The molecule has 0 atom stereocenters. The number of nitrogens with one attached hydrogen (secondary N) is 1. The Balaban J connectivity index is 1.25. The van der Waals surface area contributed by atoms with Gasteiger partial charge in [0.2, 0.25) is 5.28 Å². The van der Waals surface area contributed by atoms with Crippen molar-refractivity contribution in [3.05, 3.63) is 47.0 Å². The molecule has 7 heteroatoms. The van der Waals surface area contributed by atoms with E-state index in [1.807, 2.05) is 6.33 Å². The van der Waals surface area contributed by atoms with Crippen molar-refractivity contribution in [3.63, 3.8) is 0 Å². The number of hydrogen-bond acceptors (Lipinski definition) is 5. The molecule has 3 heterocycles. The Kier molecular flexibility index (Phi) is 5.61. The van der Waals surface area contributed by atoms with Gasteiger partial charge in [-0.05, 0) is 62.1 Å². The molecule has 5 rings (SSSR count). The van der Waals surface area contributed by atoms with E-state index in [2.05, 4.69) is 61.1 Å². The van der Waals surface area contributed by atoms with E-state index < -0.39 is 0 Å². The largest absolute Gasteiger partial charge is 0.312 e. The fourth-order valence-electron chi connectivity index (χ4n) is 4.87. The summed E-state index contributed by atoms with van der Waals surface area (Å²) in [6.45, 7) is 4.12. The average molecular weight is 425 g/mol. The summed E-state index contributed by atoms with van der Waals surface area (Å²) in [6.07, 6.45) is 10.3. The lowest BCUT2D eigenvalue weighted by atomic mass is 9.90. The first kappa shape index (κ1) is 19.8. The molecule has 1 aliphatic carbocycles. The third kappa shape index (κ3) is 4.16. The molecule has 2 aliphatic rings. The van der Waals surface area contributed by atoms with E-state index in [1.165, 1.54) is 49.7 Å². The number of hydrogen-bond donors (Lipinski definition) is 1. The standard InChI is InChI=1S/C23H29ClN6/c1-16-6-8-17(9-7-16)14-18-10-12-29(13-11-18)28-21-20-22(27-23(24)26-21)30(15-25-20)19-4-2-3-5-19/h6-9,15,18-19H,2-5,10-14H2,1H3,(H,26,27,28). The van der Waals surface area contributed by atoms with Gasteiger partial charge >= 0.3 is 0 Å². The minimum atomic E-state index is 0.277. The van der Waals surface area contributed by atoms with Crippen LogP contribution in [0, 0.1) is 12.8 Å². The summed E-state index contributed by atoms with van der Waals surface area (Å²) < 4.78 is 2.19. The van der Waals surface area contributed by atoms with E-state index in [-0.39, 0.29) is 5.28 Å². The predicted octanol–water partition coefficient (Wildman–Crippen LogP) is 5.18. The molecule has 2 fully saturated rings. The highest BCUT2D eigenvalue weighted by atomic mass is 35.5. The van der Waals surface area contributed by atoms with Crippen molar-refractivity contribution in [2.45, 2.75) is 57.9 Å². The topological polar surface area (TPSA) is 58.9 Å². The zero-order valence-corrected chi connectivity index (χ0v) is 18.3. The molecule has 6 nitrogen and oxygen atoms in total. The van der Waals surface area contributed by atoms with E-state index in [9.17, 15) is 0 Å². The fourth-order valence-corrected chi connectivity index (χ4v) is 5.04. The third-order valence-corrected chi connectivity index (χ3v) is 6.80. The van der Waals surface area contributed by atoms with Gasteiger partial charge in [-0.25, -0.2) is 9.99 Å². The summed E-state index contributed by atoms with van der Waals surface area (Å²) in [6, 6.07) is 9.42. The van der Waals surface area contributed by atoms with Gasteiger partial charge in [0, 0.05) is 19.1 Å². The molecule has 1 aromatic carbocycles. The SMILES string of the molecule is Cc1ccc(CC2CCN(Nc3nc(Cl)nc4c3ncn4C3CCCC3)CC2)cc1. The molecule has 0 spiro atoms. The van der Waals surface area contributed by atoms with E-state index in [0.29, 0.717) is 6.04 Å². The number of halogens is 1. The lowest BCUT2D eigenvalue weighted by Crippen LogP contribution is -2.38. The Labute approximate surface area is 182 Å². The average Bonchev–Trinajstić information content (AvgIpc) is 3.41. The molecule has 158 valence electrons. The summed E-state index contributed by atoms with van der Waals surface area (Å²) in [5, 5.41) is 2.53. The Bertz CT molecular complexity index is 1000. The van der Waals surface area contributed by atoms with Crippen molar-refractivity contribution in [1.29, 1.82) is 0 Å². The molecule has 1 saturated carbocycles. The van der Waals surface area contributed by atoms with Crippen LogP contribution in [0.3, 0.4) is 0 Å². The summed E-state index contributed by atoms with van der Waals surface area (Å²) in [4.78, 5) is 13.6. The van der Waals surface area contributed by atoms with Crippen molar-refractivity contribution < 1.29 is 0 Å². The first-order chi connectivity index (χ1) is 14.7. The first-order valence-electron chi connectivity index (χ1n) is 11.1. The van der Waals surface area contributed by atoms with Crippen LogP contribution in [0.1, 0.15) is 55.7 Å². The molecule has 0 bridgehead atoms. The van der Waals surface area contributed by atoms with Crippen molar-refractivity contribution in [2.24, 2.45) is 5.92 Å². The van der Waals surface area contributed by atoms with Crippen molar-refractivity contribution in [2.75, 3.05) is 18.5 Å². The van der Waals surface area contributed by atoms with Gasteiger partial charge < -0.3 is 9.99 Å². The van der Waals surface area contributed by atoms with Crippen molar-refractivity contribution in [3.8, 4) is 0 Å². The zero-order valence-electron chi connectivity index (χ0n) is 17.5. The van der Waals surface area contributed by atoms with Crippen LogP contribution in [0.2, 0.25) is 5.28 Å². The molecule has 30 heavy (non-hydrogen) atoms. The maximum Gasteiger partial charge on any atom is 0.226 e. The number of fused-ring (bicyclic) bond motifs is 1. The van der Waals surface area contributed by atoms with Gasteiger partial charge in [0.25, 0.3) is 0 Å². The predicted molar refractivity (Wildman–Crippen MR) is 121 cm³/mol. The van der Waals surface area contributed by atoms with Gasteiger partial charge in [-0.15, -0.1) is 0 Å². The molecule has 1 saturated heterocycles. The van der Waals surface area contributed by atoms with Gasteiger partial charge in [-0.1, -0.05) is 42.7 Å². The van der Waals surface area contributed by atoms with E-state index in [1.54, 1.807) is 0 Å². The van der Waals surface area contributed by atoms with Crippen molar-refractivity contribution >= 4 is 28.6 Å². The highest BCUT2D eigenvalue weighted by molar-refractivity contribution is 6.28. The number of piperidine rings is 1. The monoisotopic (exact) mass is 424 g/mol. The summed E-state index contributed by atoms with van der Waals surface area (Å²) >= 11 is 6.28. The number of hydrazine groups is 1. The quantitative estimate of drug-likeness (QED) is 0.571. The lowest BCUT2D eigenvalue weighted by Gasteiger charge is -2.32. The van der Waals surface area contributed by atoms with Crippen LogP contribution in [0.5, 0.6) is 0 Å². The molecule has 0 amide bonds. The molecule has 0 unspecified atom stereocenters. The Morgan fingerprint density at radius 1 is 1.03 bits per heavy atom. The Hall–Kier alpha value is -2.18. The smallest absolute Gasteiger partial charge is 0.226 e. The summed E-state index contributed by atoms with van der Waals surface area (Å²) in [5.41, 5.74) is 7.90. The molecule has 2 aromatic heterocycles. The minimum absolute atomic E-state index is 0.277. The van der Waals surface area contributed by atoms with E-state index in [0.717, 1.165) is 42.4 Å². The van der Waals surface area contributed by atoms with Crippen LogP contribution in [0.25, 0.3) is 11.2 Å². The molecular weight excluding hydrogens is 396 g/mol. The number of nitrogens with zero attached hydrogens (tertiary/aromatic N) is 5. The third-order valence-electron chi connectivity index (χ3n) is 6.64. The normalized spacial score (nSPS) is 19.0. The van der Waals surface area contributed by atoms with Crippen molar-refractivity contribution in [1.82, 2.24) is 24.5 Å². The van der Waals surface area contributed by atoms with Crippen LogP contribution in [0.15, 0.2) is 30.6 Å². The minimum Gasteiger partial charge on any atom is -0.312 e. The number of aromatic nitrogens is 4. The second-order valence-electron chi connectivity index (χ2n) is 8.84. The van der Waals surface area contributed by atoms with Gasteiger partial charge in [-0.2, -0.15) is 9.97 Å². The Morgan fingerprint density at radius 3 is 2.50 bits per heavy atom. The van der Waals surface area contributed by atoms with Gasteiger partial charge in [0.1, 0.15) is 0 Å². The fraction of sp³-hybridized carbons (Fsp3) is 0.522. The molecule has 3 aromatic rings. The van der Waals surface area contributed by atoms with Crippen LogP contribution < -0.4 is 5.43 Å². The maximum atomic E-state index is 6.28. The molecule has 1 N–H and O–H groups in total. The number of imidazole rings is 1. The highest BCUT2D eigenvalue weighted by Crippen LogP contribution is 2.33. The zero-order chi connectivity index (χ0) is 20.5. The Morgan fingerprint density at radius 2 is 1.77 bits per heavy atom. The van der Waals surface area contributed by atoms with Crippen LogP contribution in [0.4, 0.5) is 5.82 Å². The first-order valence-corrected chi connectivity index (χ1v) is 11.5. The van der Waals surface area contributed by atoms with E-state index >= 15 is 0 Å². The van der Waals surface area contributed by atoms with Gasteiger partial charge in [-0.3, -0.25) is 0 Å². The second-order valence-corrected chi connectivity index (χ2v) is 9.17. The number of anilines is 1.